The van der Waals surface area contributed by atoms with E-state index in [1.165, 1.54) is 35.2 Å². The van der Waals surface area contributed by atoms with E-state index in [0.29, 0.717) is 6.04 Å². The number of rotatable bonds is 2. The minimum atomic E-state index is 0.679. The zero-order chi connectivity index (χ0) is 11.1. The fourth-order valence-electron chi connectivity index (χ4n) is 3.15. The highest BCUT2D eigenvalue weighted by Crippen LogP contribution is 2.43. The van der Waals surface area contributed by atoms with E-state index in [-0.39, 0.29) is 0 Å². The van der Waals surface area contributed by atoms with E-state index >= 15 is 0 Å². The smallest absolute Gasteiger partial charge is 0.0457 e. The van der Waals surface area contributed by atoms with Gasteiger partial charge < -0.3 is 0 Å². The van der Waals surface area contributed by atoms with Crippen LogP contribution in [-0.4, -0.2) is 23.5 Å². The predicted molar refractivity (Wildman–Crippen MR) is 73.8 cm³/mol. The molecular formula is C13H16BrNS. The molecule has 0 saturated carbocycles. The third kappa shape index (κ3) is 1.60. The average Bonchev–Trinajstić information content (AvgIpc) is 2.83. The number of nitrogens with zero attached hydrogens (tertiary/aromatic N) is 1. The first-order chi connectivity index (χ1) is 7.81. The van der Waals surface area contributed by atoms with Gasteiger partial charge in [-0.05, 0) is 58.8 Å². The van der Waals surface area contributed by atoms with Crippen LogP contribution in [0.15, 0.2) is 22.0 Å². The molecule has 3 heteroatoms. The molecule has 16 heavy (non-hydrogen) atoms. The summed E-state index contributed by atoms with van der Waals surface area (Å²) in [7, 11) is 0. The van der Waals surface area contributed by atoms with Crippen LogP contribution in [0.3, 0.4) is 0 Å². The van der Waals surface area contributed by atoms with Gasteiger partial charge >= 0.3 is 0 Å². The molecule has 0 spiro atoms. The Balaban J connectivity index is 1.98. The second kappa shape index (κ2) is 4.28. The minimum Gasteiger partial charge on any atom is -0.293 e. The molecule has 1 aromatic rings. The Morgan fingerprint density at radius 3 is 3.06 bits per heavy atom. The molecule has 0 amide bonds. The summed E-state index contributed by atoms with van der Waals surface area (Å²) in [6, 6.07) is 3.66. The maximum atomic E-state index is 3.67. The van der Waals surface area contributed by atoms with Crippen LogP contribution in [0.5, 0.6) is 0 Å². The van der Waals surface area contributed by atoms with Crippen molar-refractivity contribution in [2.45, 2.75) is 38.3 Å². The van der Waals surface area contributed by atoms with Gasteiger partial charge in [-0.15, -0.1) is 11.3 Å². The van der Waals surface area contributed by atoms with Crippen molar-refractivity contribution < 1.29 is 0 Å². The van der Waals surface area contributed by atoms with Crippen molar-refractivity contribution in [2.75, 3.05) is 6.54 Å². The van der Waals surface area contributed by atoms with Crippen LogP contribution in [0.4, 0.5) is 0 Å². The Bertz CT molecular complexity index is 423. The third-order valence-electron chi connectivity index (χ3n) is 3.86. The Morgan fingerprint density at radius 1 is 1.50 bits per heavy atom. The zero-order valence-electron chi connectivity index (χ0n) is 9.45. The molecule has 2 atom stereocenters. The van der Waals surface area contributed by atoms with Gasteiger partial charge in [-0.1, -0.05) is 13.0 Å². The molecule has 1 fully saturated rings. The largest absolute Gasteiger partial charge is 0.293 e. The van der Waals surface area contributed by atoms with E-state index in [1.807, 2.05) is 11.3 Å². The van der Waals surface area contributed by atoms with Crippen LogP contribution in [0.1, 0.15) is 31.1 Å². The van der Waals surface area contributed by atoms with Crippen LogP contribution >= 0.6 is 27.3 Å². The second-order valence-electron chi connectivity index (χ2n) is 4.57. The first-order valence-corrected chi connectivity index (χ1v) is 7.67. The lowest BCUT2D eigenvalue weighted by molar-refractivity contribution is 0.227. The van der Waals surface area contributed by atoms with Gasteiger partial charge in [0.05, 0.1) is 0 Å². The van der Waals surface area contributed by atoms with Gasteiger partial charge in [0.15, 0.2) is 0 Å². The van der Waals surface area contributed by atoms with E-state index < -0.39 is 0 Å². The number of thiophene rings is 1. The van der Waals surface area contributed by atoms with Crippen molar-refractivity contribution in [3.8, 4) is 0 Å². The van der Waals surface area contributed by atoms with E-state index in [9.17, 15) is 0 Å². The fourth-order valence-corrected chi connectivity index (χ4v) is 4.84. The predicted octanol–water partition coefficient (Wildman–Crippen LogP) is 4.15. The molecule has 3 rings (SSSR count). The SMILES string of the molecule is CCN1C2CC=C(c3sccc3Br)C1CC2. The highest BCUT2D eigenvalue weighted by Gasteiger charge is 2.38. The lowest BCUT2D eigenvalue weighted by Gasteiger charge is -2.34. The van der Waals surface area contributed by atoms with E-state index in [4.69, 9.17) is 0 Å². The van der Waals surface area contributed by atoms with Crippen LogP contribution < -0.4 is 0 Å². The molecule has 86 valence electrons. The molecule has 2 bridgehead atoms. The van der Waals surface area contributed by atoms with Gasteiger partial charge in [-0.3, -0.25) is 4.90 Å². The van der Waals surface area contributed by atoms with Gasteiger partial charge in [-0.2, -0.15) is 0 Å². The maximum absolute atomic E-state index is 3.67. The summed E-state index contributed by atoms with van der Waals surface area (Å²) in [5.74, 6) is 0. The van der Waals surface area contributed by atoms with Crippen LogP contribution in [0.25, 0.3) is 5.57 Å². The Morgan fingerprint density at radius 2 is 2.38 bits per heavy atom. The average molecular weight is 298 g/mol. The Kier molecular flexibility index (Phi) is 2.94. The fraction of sp³-hybridized carbons (Fsp3) is 0.538. The van der Waals surface area contributed by atoms with Crippen molar-refractivity contribution >= 4 is 32.8 Å². The number of hydrogen-bond acceptors (Lipinski definition) is 2. The molecule has 2 aliphatic rings. The topological polar surface area (TPSA) is 3.24 Å². The van der Waals surface area contributed by atoms with Crippen LogP contribution in [-0.2, 0) is 0 Å². The molecule has 0 radical (unpaired) electrons. The van der Waals surface area contributed by atoms with Crippen molar-refractivity contribution in [2.24, 2.45) is 0 Å². The van der Waals surface area contributed by atoms with Crippen molar-refractivity contribution in [1.82, 2.24) is 4.90 Å². The molecular weight excluding hydrogens is 282 g/mol. The summed E-state index contributed by atoms with van der Waals surface area (Å²) in [5.41, 5.74) is 1.57. The van der Waals surface area contributed by atoms with Gasteiger partial charge in [-0.25, -0.2) is 0 Å². The molecule has 0 N–H and O–H groups in total. The zero-order valence-corrected chi connectivity index (χ0v) is 11.9. The van der Waals surface area contributed by atoms with Gasteiger partial charge in [0.25, 0.3) is 0 Å². The van der Waals surface area contributed by atoms with Crippen molar-refractivity contribution in [1.29, 1.82) is 0 Å². The van der Waals surface area contributed by atoms with Gasteiger partial charge in [0.1, 0.15) is 0 Å². The lowest BCUT2D eigenvalue weighted by Crippen LogP contribution is -2.38. The molecule has 1 saturated heterocycles. The monoisotopic (exact) mass is 297 g/mol. The lowest BCUT2D eigenvalue weighted by atomic mass is 10.00. The summed E-state index contributed by atoms with van der Waals surface area (Å²) in [6.45, 7) is 3.48. The van der Waals surface area contributed by atoms with Gasteiger partial charge in [0.2, 0.25) is 0 Å². The van der Waals surface area contributed by atoms with Gasteiger partial charge in [0, 0.05) is 21.4 Å². The molecule has 2 aliphatic heterocycles. The Hall–Kier alpha value is -0.120. The minimum absolute atomic E-state index is 0.679. The maximum Gasteiger partial charge on any atom is 0.0457 e. The standard InChI is InChI=1S/C13H16BrNS/c1-2-15-9-3-5-10(12(15)6-4-9)13-11(14)7-8-16-13/h5,7-9,12H,2-4,6H2,1H3. The van der Waals surface area contributed by atoms with E-state index in [0.717, 1.165) is 6.04 Å². The number of likely N-dealkylation sites (N-methyl/N-ethyl adjacent to an activating group) is 1. The molecule has 1 nitrogen and oxygen atoms in total. The normalized spacial score (nSPS) is 29.5. The summed E-state index contributed by atoms with van der Waals surface area (Å²) in [6.07, 6.45) is 6.44. The van der Waals surface area contributed by atoms with Crippen LogP contribution in [0.2, 0.25) is 0 Å². The number of halogens is 1. The second-order valence-corrected chi connectivity index (χ2v) is 6.34. The van der Waals surface area contributed by atoms with E-state index in [1.54, 1.807) is 5.57 Å². The number of fused-ring (bicyclic) bond motifs is 2. The molecule has 2 unspecified atom stereocenters. The highest BCUT2D eigenvalue weighted by atomic mass is 79.9. The molecule has 0 aliphatic carbocycles. The highest BCUT2D eigenvalue weighted by molar-refractivity contribution is 9.10. The summed E-state index contributed by atoms with van der Waals surface area (Å²) in [5, 5.41) is 2.18. The van der Waals surface area contributed by atoms with Crippen LogP contribution in [0, 0.1) is 0 Å². The van der Waals surface area contributed by atoms with Crippen molar-refractivity contribution in [3.63, 3.8) is 0 Å². The number of hydrogen-bond donors (Lipinski definition) is 0. The summed E-state index contributed by atoms with van der Waals surface area (Å²) >= 11 is 5.53. The molecule has 1 aromatic heterocycles. The molecule has 3 heterocycles. The third-order valence-corrected chi connectivity index (χ3v) is 5.74. The van der Waals surface area contributed by atoms with E-state index in [2.05, 4.69) is 45.3 Å². The quantitative estimate of drug-likeness (QED) is 0.793. The summed E-state index contributed by atoms with van der Waals surface area (Å²) < 4.78 is 1.27. The first kappa shape index (κ1) is 11.0. The molecule has 0 aromatic carbocycles. The summed E-state index contributed by atoms with van der Waals surface area (Å²) in [4.78, 5) is 4.13. The van der Waals surface area contributed by atoms with Crippen molar-refractivity contribution in [3.05, 3.63) is 26.9 Å². The first-order valence-electron chi connectivity index (χ1n) is 6.00. The Labute approximate surface area is 109 Å².